The summed E-state index contributed by atoms with van der Waals surface area (Å²) in [5.74, 6) is 0.303. The minimum Gasteiger partial charge on any atom is -0.408 e. The smallest absolute Gasteiger partial charge is 0.318 e. The van der Waals surface area contributed by atoms with E-state index in [1.165, 1.54) is 11.3 Å². The first-order valence-electron chi connectivity index (χ1n) is 7.06. The maximum absolute atomic E-state index is 13.7. The molecule has 3 heterocycles. The molecule has 6 nitrogen and oxygen atoms in total. The molecule has 22 heavy (non-hydrogen) atoms. The van der Waals surface area contributed by atoms with E-state index < -0.39 is 6.17 Å². The fraction of sp³-hybridized carbons (Fsp3) is 0.500. The molecular weight excluding hydrogens is 307 g/mol. The molecule has 2 atom stereocenters. The molecule has 2 aromatic heterocycles. The number of rotatable bonds is 4. The molecule has 0 bridgehead atoms. The van der Waals surface area contributed by atoms with Crippen LogP contribution in [0.1, 0.15) is 28.2 Å². The molecule has 1 aliphatic rings. The van der Waals surface area contributed by atoms with Crippen LogP contribution in [-0.2, 0) is 0 Å². The second-order valence-electron chi connectivity index (χ2n) is 5.42. The number of carbonyl (C=O) groups is 1. The van der Waals surface area contributed by atoms with Crippen LogP contribution >= 0.6 is 11.3 Å². The zero-order valence-corrected chi connectivity index (χ0v) is 13.2. The Labute approximate surface area is 131 Å². The molecule has 0 spiro atoms. The highest BCUT2D eigenvalue weighted by atomic mass is 32.1. The lowest BCUT2D eigenvalue weighted by molar-refractivity contribution is 0.0950. The Bertz CT molecular complexity index is 671. The third-order valence-electron chi connectivity index (χ3n) is 3.72. The number of amides is 1. The zero-order chi connectivity index (χ0) is 15.7. The van der Waals surface area contributed by atoms with Gasteiger partial charge in [0, 0.05) is 25.3 Å². The lowest BCUT2D eigenvalue weighted by Gasteiger charge is -2.22. The van der Waals surface area contributed by atoms with Crippen molar-refractivity contribution in [3.8, 4) is 0 Å². The molecule has 3 rings (SSSR count). The Kier molecular flexibility index (Phi) is 4.10. The molecule has 0 aromatic carbocycles. The van der Waals surface area contributed by atoms with Crippen molar-refractivity contribution >= 4 is 23.3 Å². The minimum atomic E-state index is -0.961. The van der Waals surface area contributed by atoms with Gasteiger partial charge >= 0.3 is 6.01 Å². The Balaban J connectivity index is 1.65. The Morgan fingerprint density at radius 1 is 1.50 bits per heavy atom. The number of thiophene rings is 1. The van der Waals surface area contributed by atoms with Crippen molar-refractivity contribution in [3.05, 3.63) is 27.8 Å². The van der Waals surface area contributed by atoms with Crippen molar-refractivity contribution < 1.29 is 13.6 Å². The van der Waals surface area contributed by atoms with Gasteiger partial charge in [-0.05, 0) is 17.9 Å². The quantitative estimate of drug-likeness (QED) is 0.932. The fourth-order valence-corrected chi connectivity index (χ4v) is 3.42. The summed E-state index contributed by atoms with van der Waals surface area (Å²) in [6.45, 7) is 4.14. The second kappa shape index (κ2) is 6.04. The average molecular weight is 324 g/mol. The predicted octanol–water partition coefficient (Wildman–Crippen LogP) is 2.09. The topological polar surface area (TPSA) is 71.3 Å². The van der Waals surface area contributed by atoms with Crippen molar-refractivity contribution in [2.45, 2.75) is 32.5 Å². The van der Waals surface area contributed by atoms with Gasteiger partial charge in [0.1, 0.15) is 6.17 Å². The van der Waals surface area contributed by atoms with Crippen molar-refractivity contribution in [1.29, 1.82) is 0 Å². The molecule has 1 N–H and O–H groups in total. The lowest BCUT2D eigenvalue weighted by Crippen LogP contribution is -2.40. The van der Waals surface area contributed by atoms with E-state index in [1.807, 2.05) is 17.7 Å². The summed E-state index contributed by atoms with van der Waals surface area (Å²) in [7, 11) is 0. The molecule has 0 saturated carbocycles. The Hall–Kier alpha value is -1.96. The summed E-state index contributed by atoms with van der Waals surface area (Å²) < 4.78 is 19.1. The molecular formula is C14H17FN4O2S. The first-order chi connectivity index (χ1) is 10.5. The summed E-state index contributed by atoms with van der Waals surface area (Å²) in [6.07, 6.45) is -0.623. The van der Waals surface area contributed by atoms with Crippen LogP contribution in [0.4, 0.5) is 10.4 Å². The van der Waals surface area contributed by atoms with Crippen LogP contribution in [0.3, 0.4) is 0 Å². The molecule has 0 aliphatic carbocycles. The standard InChI is InChI=1S/C14H17FN4O2S/c1-8-6-22-7-12(8)13(20)16-4-11-3-10(15)5-19(11)14-18-17-9(2)21-14/h6-7,10-11H,3-5H2,1-2H3,(H,16,20)/t10-,11-/m0/s1. The SMILES string of the molecule is Cc1nnc(N2C[C@@H](F)C[C@H]2CNC(=O)c2cscc2C)o1. The van der Waals surface area contributed by atoms with Crippen LogP contribution in [0.25, 0.3) is 0 Å². The summed E-state index contributed by atoms with van der Waals surface area (Å²) in [5.41, 5.74) is 1.61. The van der Waals surface area contributed by atoms with Gasteiger partial charge in [0.05, 0.1) is 18.2 Å². The number of halogens is 1. The number of aromatic nitrogens is 2. The van der Waals surface area contributed by atoms with Gasteiger partial charge in [-0.15, -0.1) is 5.10 Å². The highest BCUT2D eigenvalue weighted by Crippen LogP contribution is 2.26. The zero-order valence-electron chi connectivity index (χ0n) is 12.4. The molecule has 0 radical (unpaired) electrons. The van der Waals surface area contributed by atoms with Gasteiger partial charge in [-0.25, -0.2) is 4.39 Å². The third-order valence-corrected chi connectivity index (χ3v) is 4.58. The minimum absolute atomic E-state index is 0.136. The van der Waals surface area contributed by atoms with Crippen LogP contribution < -0.4 is 10.2 Å². The monoisotopic (exact) mass is 324 g/mol. The Morgan fingerprint density at radius 3 is 2.95 bits per heavy atom. The van der Waals surface area contributed by atoms with E-state index in [1.54, 1.807) is 11.8 Å². The number of hydrogen-bond acceptors (Lipinski definition) is 6. The van der Waals surface area contributed by atoms with E-state index in [0.717, 1.165) is 5.56 Å². The van der Waals surface area contributed by atoms with Gasteiger partial charge < -0.3 is 14.6 Å². The first-order valence-corrected chi connectivity index (χ1v) is 8.00. The van der Waals surface area contributed by atoms with Crippen molar-refractivity contribution in [2.24, 2.45) is 0 Å². The maximum Gasteiger partial charge on any atom is 0.318 e. The van der Waals surface area contributed by atoms with Gasteiger partial charge in [0.2, 0.25) is 5.89 Å². The van der Waals surface area contributed by atoms with E-state index in [0.29, 0.717) is 30.4 Å². The van der Waals surface area contributed by atoms with Crippen molar-refractivity contribution in [1.82, 2.24) is 15.5 Å². The molecule has 1 aliphatic heterocycles. The van der Waals surface area contributed by atoms with Gasteiger partial charge in [0.15, 0.2) is 0 Å². The number of hydrogen-bond donors (Lipinski definition) is 1. The third kappa shape index (κ3) is 2.96. The maximum atomic E-state index is 13.7. The highest BCUT2D eigenvalue weighted by Gasteiger charge is 2.35. The number of carbonyl (C=O) groups excluding carboxylic acids is 1. The predicted molar refractivity (Wildman–Crippen MR) is 81.1 cm³/mol. The van der Waals surface area contributed by atoms with Gasteiger partial charge in [-0.3, -0.25) is 4.79 Å². The second-order valence-corrected chi connectivity index (χ2v) is 6.16. The van der Waals surface area contributed by atoms with Crippen LogP contribution in [0.5, 0.6) is 0 Å². The van der Waals surface area contributed by atoms with Crippen LogP contribution in [0, 0.1) is 13.8 Å². The summed E-state index contributed by atoms with van der Waals surface area (Å²) in [6, 6.07) is 0.126. The number of nitrogens with one attached hydrogen (secondary N) is 1. The highest BCUT2D eigenvalue weighted by molar-refractivity contribution is 7.08. The number of nitrogens with zero attached hydrogens (tertiary/aromatic N) is 3. The number of alkyl halides is 1. The lowest BCUT2D eigenvalue weighted by atomic mass is 10.2. The van der Waals surface area contributed by atoms with Crippen LogP contribution in [-0.4, -0.2) is 41.4 Å². The van der Waals surface area contributed by atoms with Gasteiger partial charge in [-0.1, -0.05) is 5.10 Å². The number of aryl methyl sites for hydroxylation is 2. The Morgan fingerprint density at radius 2 is 2.32 bits per heavy atom. The van der Waals surface area contributed by atoms with E-state index in [-0.39, 0.29) is 18.5 Å². The average Bonchev–Trinajstić information content (AvgIpc) is 3.16. The molecule has 0 unspecified atom stereocenters. The van der Waals surface area contributed by atoms with Gasteiger partial charge in [-0.2, -0.15) is 11.3 Å². The largest absolute Gasteiger partial charge is 0.408 e. The van der Waals surface area contributed by atoms with E-state index in [2.05, 4.69) is 15.5 Å². The van der Waals surface area contributed by atoms with E-state index in [4.69, 9.17) is 4.42 Å². The summed E-state index contributed by atoms with van der Waals surface area (Å²) in [5, 5.41) is 14.3. The normalized spacial score (nSPS) is 21.3. The van der Waals surface area contributed by atoms with E-state index >= 15 is 0 Å². The molecule has 1 amide bonds. The first kappa shape index (κ1) is 15.0. The molecule has 1 saturated heterocycles. The van der Waals surface area contributed by atoms with Crippen LogP contribution in [0.2, 0.25) is 0 Å². The van der Waals surface area contributed by atoms with Gasteiger partial charge in [0.25, 0.3) is 5.91 Å². The summed E-state index contributed by atoms with van der Waals surface area (Å²) in [4.78, 5) is 13.9. The van der Waals surface area contributed by atoms with Crippen molar-refractivity contribution in [3.63, 3.8) is 0 Å². The molecule has 8 heteroatoms. The fourth-order valence-electron chi connectivity index (χ4n) is 2.59. The van der Waals surface area contributed by atoms with E-state index in [9.17, 15) is 9.18 Å². The number of anilines is 1. The van der Waals surface area contributed by atoms with Crippen molar-refractivity contribution in [2.75, 3.05) is 18.0 Å². The molecule has 2 aromatic rings. The summed E-state index contributed by atoms with van der Waals surface area (Å²) >= 11 is 1.49. The van der Waals surface area contributed by atoms with Crippen LogP contribution in [0.15, 0.2) is 15.2 Å². The molecule has 118 valence electrons. The molecule has 1 fully saturated rings.